The zero-order valence-electron chi connectivity index (χ0n) is 20.0. The summed E-state index contributed by atoms with van der Waals surface area (Å²) in [6, 6.07) is 2.36. The number of methoxy groups -OCH3 is 1. The Kier molecular flexibility index (Phi) is 8.35. The summed E-state index contributed by atoms with van der Waals surface area (Å²) in [6.45, 7) is 4.78. The van der Waals surface area contributed by atoms with Crippen LogP contribution in [0.3, 0.4) is 0 Å². The second-order valence-corrected chi connectivity index (χ2v) is 9.44. The van der Waals surface area contributed by atoms with E-state index in [4.69, 9.17) is 30.8 Å². The van der Waals surface area contributed by atoms with Crippen LogP contribution >= 0.6 is 22.9 Å². The number of thiazole rings is 1. The van der Waals surface area contributed by atoms with Crippen molar-refractivity contribution in [2.24, 2.45) is 4.99 Å². The number of halogens is 2. The zero-order chi connectivity index (χ0) is 25.8. The number of esters is 2. The van der Waals surface area contributed by atoms with Crippen LogP contribution in [0.5, 0.6) is 0 Å². The van der Waals surface area contributed by atoms with Crippen molar-refractivity contribution in [3.05, 3.63) is 62.5 Å². The number of hydrogen-bond acceptors (Lipinski definition) is 10. The lowest BCUT2D eigenvalue weighted by molar-refractivity contribution is -0.161. The first-order chi connectivity index (χ1) is 17.3. The molecule has 3 atom stereocenters. The van der Waals surface area contributed by atoms with Gasteiger partial charge in [0.1, 0.15) is 17.9 Å². The van der Waals surface area contributed by atoms with Crippen molar-refractivity contribution in [2.45, 2.75) is 32.0 Å². The number of aromatic nitrogens is 1. The summed E-state index contributed by atoms with van der Waals surface area (Å²) in [5.74, 6) is -1.12. The molecule has 0 amide bonds. The van der Waals surface area contributed by atoms with Gasteiger partial charge in [-0.25, -0.2) is 14.2 Å². The minimum atomic E-state index is -0.889. The molecule has 1 aromatic carbocycles. The van der Waals surface area contributed by atoms with Gasteiger partial charge in [-0.1, -0.05) is 17.7 Å². The summed E-state index contributed by atoms with van der Waals surface area (Å²) in [4.78, 5) is 36.9. The third-order valence-corrected chi connectivity index (χ3v) is 7.02. The number of nitrogens with zero attached hydrogens (tertiary/aromatic N) is 3. The van der Waals surface area contributed by atoms with E-state index in [1.54, 1.807) is 25.4 Å². The number of hydrogen-bond donors (Lipinski definition) is 1. The maximum Gasteiger partial charge on any atom is 0.338 e. The van der Waals surface area contributed by atoms with Gasteiger partial charge in [-0.2, -0.15) is 0 Å². The van der Waals surface area contributed by atoms with Gasteiger partial charge in [0.25, 0.3) is 0 Å². The van der Waals surface area contributed by atoms with Gasteiger partial charge in [-0.15, -0.1) is 11.3 Å². The van der Waals surface area contributed by atoms with E-state index in [1.807, 2.05) is 4.90 Å². The standard InChI is InChI=1S/C24H26ClFN4O5S/c1-4-34-24(32)20-13(2)35-9-8-30(20)12-17-18(23(31)33-3)19(15-6-5-14(26)11-16(15)25)29-21(28-17)22-27-7-10-36-22/h5-7,10-11,13,19-20H,4,8-9,12H2,1-3H3,(H,28,29)/t13-,19?,20+/m1/s1. The number of ether oxygens (including phenoxy) is 3. The smallest absolute Gasteiger partial charge is 0.338 e. The van der Waals surface area contributed by atoms with E-state index < -0.39 is 35.9 Å². The van der Waals surface area contributed by atoms with Gasteiger partial charge in [-0.05, 0) is 26.0 Å². The molecule has 1 fully saturated rings. The van der Waals surface area contributed by atoms with Gasteiger partial charge in [-0.3, -0.25) is 14.7 Å². The van der Waals surface area contributed by atoms with Crippen LogP contribution in [0.2, 0.25) is 5.02 Å². The Morgan fingerprint density at radius 1 is 1.39 bits per heavy atom. The summed E-state index contributed by atoms with van der Waals surface area (Å²) < 4.78 is 30.0. The Hall–Kier alpha value is -2.86. The van der Waals surface area contributed by atoms with Gasteiger partial charge < -0.3 is 19.5 Å². The van der Waals surface area contributed by atoms with Crippen molar-refractivity contribution in [1.29, 1.82) is 0 Å². The molecule has 2 aromatic rings. The van der Waals surface area contributed by atoms with Crippen LogP contribution in [0.1, 0.15) is 30.5 Å². The Morgan fingerprint density at radius 2 is 2.19 bits per heavy atom. The van der Waals surface area contributed by atoms with Gasteiger partial charge in [0, 0.05) is 40.9 Å². The molecule has 4 rings (SSSR count). The van der Waals surface area contributed by atoms with Crippen molar-refractivity contribution < 1.29 is 28.2 Å². The maximum absolute atomic E-state index is 13.8. The summed E-state index contributed by atoms with van der Waals surface area (Å²) >= 11 is 7.77. The lowest BCUT2D eigenvalue weighted by atomic mass is 9.94. The number of nitrogens with one attached hydrogen (secondary N) is 1. The first kappa shape index (κ1) is 26.2. The van der Waals surface area contributed by atoms with Crippen LogP contribution in [0.25, 0.3) is 0 Å². The highest BCUT2D eigenvalue weighted by Crippen LogP contribution is 2.37. The normalized spacial score (nSPS) is 22.6. The fraction of sp³-hybridized carbons (Fsp3) is 0.417. The molecular formula is C24H26ClFN4O5S. The summed E-state index contributed by atoms with van der Waals surface area (Å²) in [6.07, 6.45) is 1.22. The van der Waals surface area contributed by atoms with Crippen LogP contribution in [-0.2, 0) is 23.8 Å². The van der Waals surface area contributed by atoms with E-state index >= 15 is 0 Å². The van der Waals surface area contributed by atoms with E-state index in [0.717, 1.165) is 0 Å². The third-order valence-electron chi connectivity index (χ3n) is 5.91. The summed E-state index contributed by atoms with van der Waals surface area (Å²) in [5, 5.41) is 5.75. The maximum atomic E-state index is 13.8. The molecule has 1 N–H and O–H groups in total. The minimum Gasteiger partial charge on any atom is -0.466 e. The molecular weight excluding hydrogens is 511 g/mol. The SMILES string of the molecule is CCOC(=O)[C@@H]1[C@@H](C)OCCN1CC1=C(C(=O)OC)C(c2ccc(F)cc2Cl)N=C(c2nccs2)N1. The molecule has 0 radical (unpaired) electrons. The fourth-order valence-electron chi connectivity index (χ4n) is 4.30. The molecule has 0 spiro atoms. The van der Waals surface area contributed by atoms with E-state index in [1.165, 1.54) is 36.6 Å². The van der Waals surface area contributed by atoms with Crippen molar-refractivity contribution in [3.8, 4) is 0 Å². The number of aliphatic imine (C=N–C) groups is 1. The molecule has 0 aliphatic carbocycles. The predicted molar refractivity (Wildman–Crippen MR) is 132 cm³/mol. The lowest BCUT2D eigenvalue weighted by Crippen LogP contribution is -2.56. The van der Waals surface area contributed by atoms with Crippen LogP contribution in [0, 0.1) is 5.82 Å². The molecule has 192 valence electrons. The third kappa shape index (κ3) is 5.44. The van der Waals surface area contributed by atoms with E-state index in [2.05, 4.69) is 10.3 Å². The molecule has 1 saturated heterocycles. The lowest BCUT2D eigenvalue weighted by Gasteiger charge is -2.39. The number of carbonyl (C=O) groups is 2. The number of morpholine rings is 1. The zero-order valence-corrected chi connectivity index (χ0v) is 21.6. The number of rotatable bonds is 7. The van der Waals surface area contributed by atoms with Crippen molar-refractivity contribution in [2.75, 3.05) is 33.4 Å². The number of benzene rings is 1. The van der Waals surface area contributed by atoms with E-state index in [0.29, 0.717) is 35.3 Å². The molecule has 1 aromatic heterocycles. The topological polar surface area (TPSA) is 102 Å². The highest BCUT2D eigenvalue weighted by atomic mass is 35.5. The van der Waals surface area contributed by atoms with Crippen molar-refractivity contribution >= 4 is 40.7 Å². The molecule has 2 aliphatic rings. The van der Waals surface area contributed by atoms with Gasteiger partial charge in [0.15, 0.2) is 10.8 Å². The quantitative estimate of drug-likeness (QED) is 0.539. The highest BCUT2D eigenvalue weighted by molar-refractivity contribution is 7.11. The minimum absolute atomic E-state index is 0.120. The highest BCUT2D eigenvalue weighted by Gasteiger charge is 2.40. The first-order valence-electron chi connectivity index (χ1n) is 11.4. The van der Waals surface area contributed by atoms with Crippen molar-refractivity contribution in [1.82, 2.24) is 15.2 Å². The van der Waals surface area contributed by atoms with Crippen LogP contribution in [-0.4, -0.2) is 73.2 Å². The van der Waals surface area contributed by atoms with Crippen LogP contribution < -0.4 is 5.32 Å². The number of amidine groups is 1. The van der Waals surface area contributed by atoms with E-state index in [-0.39, 0.29) is 23.7 Å². The molecule has 36 heavy (non-hydrogen) atoms. The first-order valence-corrected chi connectivity index (χ1v) is 12.6. The average molecular weight is 537 g/mol. The fourth-order valence-corrected chi connectivity index (χ4v) is 5.16. The molecule has 0 bridgehead atoms. The average Bonchev–Trinajstić information content (AvgIpc) is 3.38. The van der Waals surface area contributed by atoms with Gasteiger partial charge >= 0.3 is 11.9 Å². The largest absolute Gasteiger partial charge is 0.466 e. The van der Waals surface area contributed by atoms with E-state index in [9.17, 15) is 14.0 Å². The summed E-state index contributed by atoms with van der Waals surface area (Å²) in [5.41, 5.74) is 1.10. The van der Waals surface area contributed by atoms with Gasteiger partial charge in [0.05, 0.1) is 32.0 Å². The molecule has 2 aliphatic heterocycles. The molecule has 9 nitrogen and oxygen atoms in total. The van der Waals surface area contributed by atoms with Crippen LogP contribution in [0.15, 0.2) is 46.0 Å². The Morgan fingerprint density at radius 3 is 2.86 bits per heavy atom. The molecule has 3 heterocycles. The van der Waals surface area contributed by atoms with Crippen LogP contribution in [0.4, 0.5) is 4.39 Å². The molecule has 12 heteroatoms. The Balaban J connectivity index is 1.81. The molecule has 1 unspecified atom stereocenters. The van der Waals surface area contributed by atoms with Crippen molar-refractivity contribution in [3.63, 3.8) is 0 Å². The Labute approximate surface area is 216 Å². The summed E-state index contributed by atoms with van der Waals surface area (Å²) in [7, 11) is 1.27. The Bertz CT molecular complexity index is 1190. The second-order valence-electron chi connectivity index (χ2n) is 8.14. The molecule has 0 saturated carbocycles. The predicted octanol–water partition coefficient (Wildman–Crippen LogP) is 3.11. The monoisotopic (exact) mass is 536 g/mol. The van der Waals surface area contributed by atoms with Gasteiger partial charge in [0.2, 0.25) is 0 Å². The number of carbonyl (C=O) groups excluding carboxylic acids is 2. The second kappa shape index (κ2) is 11.5.